The molecule has 0 bridgehead atoms. The van der Waals surface area contributed by atoms with Crippen molar-refractivity contribution in [2.45, 2.75) is 71.6 Å². The zero-order chi connectivity index (χ0) is 32.5. The van der Waals surface area contributed by atoms with E-state index in [0.717, 1.165) is 19.3 Å². The van der Waals surface area contributed by atoms with Crippen LogP contribution >= 0.6 is 0 Å². The number of aryl methyl sites for hydroxylation is 2. The third-order valence-corrected chi connectivity index (χ3v) is 10.3. The predicted molar refractivity (Wildman–Crippen MR) is 194 cm³/mol. The topological polar surface area (TPSA) is 0 Å². The molecule has 0 spiro atoms. The number of fused-ring (bicyclic) bond motifs is 5. The standard InChI is InChI=1S/C23H21.C15H14.C7H9.2ClH.Zr/c1-22(2)7-5-14-10-18-16(12-20(14)22)9-17-13-21-15(11-19(17)18)6-8-23(21,3)4;1-3-8-14(9-4-1)12-7-13-15-10-5-2-6-11-15;1-6-3-4-7(2)5-6;;;/h5-7,10-13H,9H2,1-4H3;1-6,8-11H,12-13H2;3-5H,1-2H3;2*1H;/q-1;;-1;;;+2/p-2. The summed E-state index contributed by atoms with van der Waals surface area (Å²) < 4.78 is 1.60. The van der Waals surface area contributed by atoms with Crippen LogP contribution < -0.4 is 24.8 Å². The summed E-state index contributed by atoms with van der Waals surface area (Å²) in [6.45, 7) is 13.3. The molecule has 5 aromatic carbocycles. The zero-order valence-electron chi connectivity index (χ0n) is 28.9. The average Bonchev–Trinajstić information content (AvgIpc) is 3.75. The molecule has 0 saturated heterocycles. The normalized spacial score (nSPS) is 14.5. The minimum absolute atomic E-state index is 0. The molecule has 244 valence electrons. The summed E-state index contributed by atoms with van der Waals surface area (Å²) in [6.07, 6.45) is 13.6. The average molecular weight is 747 g/mol. The molecule has 3 heteroatoms. The fraction of sp³-hybridized carbons (Fsp3) is 0.244. The van der Waals surface area contributed by atoms with Crippen LogP contribution in [0.25, 0.3) is 23.3 Å². The first-order valence-corrected chi connectivity index (χ1v) is 17.7. The van der Waals surface area contributed by atoms with E-state index in [0.29, 0.717) is 0 Å². The first-order valence-electron chi connectivity index (χ1n) is 16.5. The number of hydrogen-bond donors (Lipinski definition) is 0. The van der Waals surface area contributed by atoms with Crippen LogP contribution in [0.2, 0.25) is 0 Å². The van der Waals surface area contributed by atoms with Crippen LogP contribution in [0.5, 0.6) is 0 Å². The molecule has 5 aromatic rings. The summed E-state index contributed by atoms with van der Waals surface area (Å²) in [6, 6.07) is 37.5. The number of halogens is 2. The van der Waals surface area contributed by atoms with Gasteiger partial charge in [-0.1, -0.05) is 71.2 Å². The van der Waals surface area contributed by atoms with E-state index in [4.69, 9.17) is 0 Å². The molecule has 8 rings (SSSR count). The number of hydrogen-bond acceptors (Lipinski definition) is 0. The monoisotopic (exact) mass is 744 g/mol. The van der Waals surface area contributed by atoms with Crippen LogP contribution in [-0.4, -0.2) is 3.21 Å². The molecule has 0 unspecified atom stereocenters. The van der Waals surface area contributed by atoms with Crippen molar-refractivity contribution in [2.75, 3.05) is 0 Å². The maximum absolute atomic E-state index is 3.50. The van der Waals surface area contributed by atoms with Crippen molar-refractivity contribution in [2.24, 2.45) is 0 Å². The SMILES string of the molecule is CC1(C)[C-]=Cc2cc3c(cc21)Cc1cc2c(cc1-3)C=CC2(C)C.Cc1c[cH-]c(C)c1.[Cl-].[Cl-].[Zr+2]=[C](Cc1ccccc1)Cc1ccccc1. The Balaban J connectivity index is 0.000000182. The second-order valence-electron chi connectivity index (χ2n) is 14.2. The van der Waals surface area contributed by atoms with E-state index in [2.05, 4.69) is 169 Å². The molecule has 0 aromatic heterocycles. The Morgan fingerprint density at radius 2 is 1.27 bits per heavy atom. The summed E-state index contributed by atoms with van der Waals surface area (Å²) in [5.41, 5.74) is 17.2. The summed E-state index contributed by atoms with van der Waals surface area (Å²) in [7, 11) is 0. The van der Waals surface area contributed by atoms with E-state index in [1.54, 1.807) is 27.4 Å². The van der Waals surface area contributed by atoms with Gasteiger partial charge in [0.05, 0.1) is 0 Å². The van der Waals surface area contributed by atoms with E-state index in [-0.39, 0.29) is 35.6 Å². The van der Waals surface area contributed by atoms with Crippen molar-refractivity contribution < 1.29 is 49.0 Å². The van der Waals surface area contributed by atoms with Crippen LogP contribution in [0.15, 0.2) is 109 Å². The van der Waals surface area contributed by atoms with Gasteiger partial charge in [0, 0.05) is 5.41 Å². The zero-order valence-corrected chi connectivity index (χ0v) is 32.9. The molecule has 0 amide bonds. The Labute approximate surface area is 315 Å². The molecule has 0 atom stereocenters. The van der Waals surface area contributed by atoms with Gasteiger partial charge in [0.15, 0.2) is 0 Å². The molecule has 0 heterocycles. The van der Waals surface area contributed by atoms with Gasteiger partial charge in [-0.05, 0) is 45.9 Å². The second-order valence-corrected chi connectivity index (χ2v) is 16.0. The maximum atomic E-state index is 3.50. The Hall–Kier alpha value is -2.96. The van der Waals surface area contributed by atoms with E-state index in [1.807, 2.05) is 0 Å². The van der Waals surface area contributed by atoms with Gasteiger partial charge >= 0.3 is 112 Å². The first kappa shape index (κ1) is 37.9. The Kier molecular flexibility index (Phi) is 12.4. The number of benzene rings is 4. The Bertz CT molecular complexity index is 1800. The van der Waals surface area contributed by atoms with Crippen LogP contribution in [0, 0.1) is 19.9 Å². The Morgan fingerprint density at radius 1 is 0.729 bits per heavy atom. The molecule has 48 heavy (non-hydrogen) atoms. The van der Waals surface area contributed by atoms with Gasteiger partial charge in [0.2, 0.25) is 0 Å². The van der Waals surface area contributed by atoms with Crippen LogP contribution in [0.4, 0.5) is 0 Å². The van der Waals surface area contributed by atoms with Gasteiger partial charge in [-0.15, -0.1) is 11.6 Å². The van der Waals surface area contributed by atoms with Gasteiger partial charge < -0.3 is 24.8 Å². The van der Waals surface area contributed by atoms with E-state index >= 15 is 0 Å². The molecule has 3 aliphatic carbocycles. The van der Waals surface area contributed by atoms with Crippen LogP contribution in [-0.2, 0) is 54.3 Å². The molecule has 0 N–H and O–H groups in total. The van der Waals surface area contributed by atoms with Crippen molar-refractivity contribution in [1.29, 1.82) is 0 Å². The quantitative estimate of drug-likeness (QED) is 0.226. The second kappa shape index (κ2) is 15.7. The van der Waals surface area contributed by atoms with Gasteiger partial charge in [-0.2, -0.15) is 23.3 Å². The fourth-order valence-corrected chi connectivity index (χ4v) is 7.87. The third kappa shape index (κ3) is 8.60. The third-order valence-electron chi connectivity index (χ3n) is 9.44. The van der Waals surface area contributed by atoms with E-state index in [1.165, 1.54) is 66.8 Å². The van der Waals surface area contributed by atoms with Gasteiger partial charge in [-0.3, -0.25) is 6.08 Å². The first-order chi connectivity index (χ1) is 22.0. The fourth-order valence-electron chi connectivity index (χ4n) is 6.87. The van der Waals surface area contributed by atoms with Gasteiger partial charge in [0.25, 0.3) is 0 Å². The van der Waals surface area contributed by atoms with Crippen molar-refractivity contribution in [3.8, 4) is 11.1 Å². The minimum atomic E-state index is 0. The molecule has 0 fully saturated rings. The predicted octanol–water partition coefficient (Wildman–Crippen LogP) is 4.89. The molecule has 0 nitrogen and oxygen atoms in total. The summed E-state index contributed by atoms with van der Waals surface area (Å²) >= 11 is 1.55. The van der Waals surface area contributed by atoms with Crippen LogP contribution in [0.3, 0.4) is 0 Å². The molecular weight excluding hydrogens is 703 g/mol. The van der Waals surface area contributed by atoms with Crippen molar-refractivity contribution >= 4 is 15.4 Å². The molecule has 0 radical (unpaired) electrons. The van der Waals surface area contributed by atoms with E-state index in [9.17, 15) is 0 Å². The van der Waals surface area contributed by atoms with Crippen molar-refractivity contribution in [3.63, 3.8) is 0 Å². The molecule has 0 aliphatic heterocycles. The van der Waals surface area contributed by atoms with Crippen LogP contribution in [0.1, 0.15) is 83.3 Å². The molecular formula is C45H44Cl2Zr-2. The summed E-state index contributed by atoms with van der Waals surface area (Å²) in [4.78, 5) is 0. The van der Waals surface area contributed by atoms with Crippen molar-refractivity contribution in [3.05, 3.63) is 171 Å². The summed E-state index contributed by atoms with van der Waals surface area (Å²) in [5.74, 6) is 0. The Morgan fingerprint density at radius 3 is 1.77 bits per heavy atom. The van der Waals surface area contributed by atoms with Crippen molar-refractivity contribution in [1.82, 2.24) is 0 Å². The van der Waals surface area contributed by atoms with Gasteiger partial charge in [0.1, 0.15) is 0 Å². The summed E-state index contributed by atoms with van der Waals surface area (Å²) in [5, 5.41) is 0. The van der Waals surface area contributed by atoms with Gasteiger partial charge in [-0.25, -0.2) is 17.7 Å². The molecule has 3 aliphatic rings. The molecule has 0 saturated carbocycles. The van der Waals surface area contributed by atoms with E-state index < -0.39 is 0 Å². The number of allylic oxidation sites excluding steroid dienone is 2. The number of rotatable bonds is 4.